The second-order valence-electron chi connectivity index (χ2n) is 4.45. The number of nitrogens with zero attached hydrogens (tertiary/aromatic N) is 1. The summed E-state index contributed by atoms with van der Waals surface area (Å²) in [7, 11) is -1.81. The van der Waals surface area contributed by atoms with E-state index in [1.54, 1.807) is 0 Å². The van der Waals surface area contributed by atoms with Gasteiger partial charge in [0.1, 0.15) is 0 Å². The number of hydrogen-bond acceptors (Lipinski definition) is 4. The Morgan fingerprint density at radius 3 is 2.56 bits per heavy atom. The van der Waals surface area contributed by atoms with Gasteiger partial charge in [-0.25, -0.2) is 0 Å². The van der Waals surface area contributed by atoms with Gasteiger partial charge in [-0.2, -0.15) is 0 Å². The maximum Gasteiger partial charge on any atom is 0.331 e. The van der Waals surface area contributed by atoms with Crippen molar-refractivity contribution in [3.63, 3.8) is 0 Å². The third-order valence-electron chi connectivity index (χ3n) is 2.67. The van der Waals surface area contributed by atoms with Crippen LogP contribution in [0, 0.1) is 0 Å². The molecule has 16 heavy (non-hydrogen) atoms. The van der Waals surface area contributed by atoms with Crippen LogP contribution >= 0.6 is 11.3 Å². The Bertz CT molecular complexity index is 304. The van der Waals surface area contributed by atoms with Crippen LogP contribution in [0.1, 0.15) is 4.88 Å². The molecule has 3 nitrogen and oxygen atoms in total. The first-order valence-electron chi connectivity index (χ1n) is 5.68. The molecule has 0 N–H and O–H groups in total. The molecule has 0 amide bonds. The van der Waals surface area contributed by atoms with Crippen LogP contribution in [0.2, 0.25) is 13.1 Å². The third-order valence-corrected chi connectivity index (χ3v) is 5.33. The lowest BCUT2D eigenvalue weighted by Crippen LogP contribution is -2.43. The van der Waals surface area contributed by atoms with Gasteiger partial charge < -0.3 is 8.85 Å². The van der Waals surface area contributed by atoms with Crippen molar-refractivity contribution in [3.05, 3.63) is 22.4 Å². The van der Waals surface area contributed by atoms with Crippen LogP contribution in [-0.4, -0.2) is 39.8 Å². The molecule has 1 aliphatic heterocycles. The average molecular weight is 257 g/mol. The number of thiophene rings is 1. The molecule has 0 atom stereocenters. The average Bonchev–Trinajstić information content (AvgIpc) is 2.67. The van der Waals surface area contributed by atoms with Crippen LogP contribution < -0.4 is 0 Å². The van der Waals surface area contributed by atoms with Crippen LogP contribution in [-0.2, 0) is 15.4 Å². The van der Waals surface area contributed by atoms with Gasteiger partial charge in [0.15, 0.2) is 0 Å². The second-order valence-corrected chi connectivity index (χ2v) is 8.86. The minimum atomic E-state index is -1.81. The van der Waals surface area contributed by atoms with Crippen molar-refractivity contribution in [1.82, 2.24) is 4.90 Å². The summed E-state index contributed by atoms with van der Waals surface area (Å²) in [6.07, 6.45) is 0. The first-order chi connectivity index (χ1) is 7.66. The minimum absolute atomic E-state index is 0.796. The predicted molar refractivity (Wildman–Crippen MR) is 69.0 cm³/mol. The van der Waals surface area contributed by atoms with Gasteiger partial charge in [-0.05, 0) is 24.5 Å². The van der Waals surface area contributed by atoms with Crippen LogP contribution in [0.3, 0.4) is 0 Å². The fourth-order valence-electron chi connectivity index (χ4n) is 1.78. The molecule has 1 aromatic rings. The molecular formula is C11H19NO2SSi. The van der Waals surface area contributed by atoms with Crippen molar-refractivity contribution >= 4 is 19.9 Å². The number of rotatable bonds is 2. The van der Waals surface area contributed by atoms with Gasteiger partial charge >= 0.3 is 8.56 Å². The zero-order valence-corrected chi connectivity index (χ0v) is 11.8. The van der Waals surface area contributed by atoms with Crippen molar-refractivity contribution < 1.29 is 8.85 Å². The minimum Gasteiger partial charge on any atom is -0.393 e. The Balaban J connectivity index is 1.84. The van der Waals surface area contributed by atoms with Gasteiger partial charge in [-0.3, -0.25) is 4.90 Å². The van der Waals surface area contributed by atoms with E-state index in [-0.39, 0.29) is 0 Å². The molecule has 0 radical (unpaired) electrons. The van der Waals surface area contributed by atoms with Gasteiger partial charge in [-0.1, -0.05) is 6.07 Å². The first kappa shape index (κ1) is 12.3. The van der Waals surface area contributed by atoms with Crippen molar-refractivity contribution in [2.45, 2.75) is 19.6 Å². The topological polar surface area (TPSA) is 21.7 Å². The molecule has 2 rings (SSSR count). The molecular weight excluding hydrogens is 238 g/mol. The molecule has 0 aromatic carbocycles. The Kier molecular flexibility index (Phi) is 4.15. The van der Waals surface area contributed by atoms with Crippen LogP contribution in [0.5, 0.6) is 0 Å². The van der Waals surface area contributed by atoms with Gasteiger partial charge in [0.25, 0.3) is 0 Å². The lowest BCUT2D eigenvalue weighted by atomic mass is 10.4. The summed E-state index contributed by atoms with van der Waals surface area (Å²) in [4.78, 5) is 3.81. The molecule has 0 unspecified atom stereocenters. The standard InChI is InChI=1S/C11H19NO2SSi/c1-16(2)13-7-5-12(6-8-14-16)10-11-4-3-9-15-11/h3-4,9H,5-8,10H2,1-2H3. The van der Waals surface area contributed by atoms with Gasteiger partial charge in [0.2, 0.25) is 0 Å². The lowest BCUT2D eigenvalue weighted by molar-refractivity contribution is 0.0968. The lowest BCUT2D eigenvalue weighted by Gasteiger charge is -2.30. The summed E-state index contributed by atoms with van der Waals surface area (Å²) < 4.78 is 11.6. The molecule has 1 fully saturated rings. The molecule has 0 aliphatic carbocycles. The van der Waals surface area contributed by atoms with E-state index >= 15 is 0 Å². The smallest absolute Gasteiger partial charge is 0.331 e. The zero-order chi connectivity index (χ0) is 11.4. The fraction of sp³-hybridized carbons (Fsp3) is 0.636. The summed E-state index contributed by atoms with van der Waals surface area (Å²) in [6, 6.07) is 4.29. The van der Waals surface area contributed by atoms with Crippen molar-refractivity contribution in [2.75, 3.05) is 26.3 Å². The molecule has 2 heterocycles. The van der Waals surface area contributed by atoms with E-state index in [9.17, 15) is 0 Å². The summed E-state index contributed by atoms with van der Waals surface area (Å²) in [5.74, 6) is 0. The van der Waals surface area contributed by atoms with Crippen molar-refractivity contribution in [3.8, 4) is 0 Å². The Morgan fingerprint density at radius 2 is 2.00 bits per heavy atom. The molecule has 90 valence electrons. The highest BCUT2D eigenvalue weighted by atomic mass is 32.1. The maximum absolute atomic E-state index is 5.80. The highest BCUT2D eigenvalue weighted by Gasteiger charge is 2.26. The van der Waals surface area contributed by atoms with Crippen LogP contribution in [0.4, 0.5) is 0 Å². The van der Waals surface area contributed by atoms with Gasteiger partial charge in [0.05, 0.1) is 0 Å². The van der Waals surface area contributed by atoms with Gasteiger partial charge in [0, 0.05) is 37.7 Å². The SMILES string of the molecule is C[Si]1(C)OCCN(Cc2cccs2)CCO1. The predicted octanol–water partition coefficient (Wildman–Crippen LogP) is 2.30. The molecule has 0 spiro atoms. The molecule has 0 saturated carbocycles. The summed E-state index contributed by atoms with van der Waals surface area (Å²) in [5, 5.41) is 2.13. The summed E-state index contributed by atoms with van der Waals surface area (Å²) in [6.45, 7) is 8.86. The van der Waals surface area contributed by atoms with Crippen LogP contribution in [0.25, 0.3) is 0 Å². The quantitative estimate of drug-likeness (QED) is 0.759. The maximum atomic E-state index is 5.80. The highest BCUT2D eigenvalue weighted by Crippen LogP contribution is 2.14. The molecule has 1 aromatic heterocycles. The molecule has 1 saturated heterocycles. The highest BCUT2D eigenvalue weighted by molar-refractivity contribution is 7.09. The summed E-state index contributed by atoms with van der Waals surface area (Å²) in [5.41, 5.74) is 0. The van der Waals surface area contributed by atoms with E-state index in [1.807, 2.05) is 11.3 Å². The van der Waals surface area contributed by atoms with E-state index in [2.05, 4.69) is 35.5 Å². The van der Waals surface area contributed by atoms with E-state index in [1.165, 1.54) is 4.88 Å². The molecule has 5 heteroatoms. The van der Waals surface area contributed by atoms with Crippen molar-refractivity contribution in [1.29, 1.82) is 0 Å². The first-order valence-corrected chi connectivity index (χ1v) is 9.38. The Hall–Kier alpha value is -0.203. The summed E-state index contributed by atoms with van der Waals surface area (Å²) >= 11 is 1.81. The van der Waals surface area contributed by atoms with E-state index < -0.39 is 8.56 Å². The molecule has 0 bridgehead atoms. The number of hydrogen-bond donors (Lipinski definition) is 0. The normalized spacial score (nSPS) is 22.6. The van der Waals surface area contributed by atoms with Crippen LogP contribution in [0.15, 0.2) is 17.5 Å². The second kappa shape index (κ2) is 5.42. The van der Waals surface area contributed by atoms with E-state index in [0.29, 0.717) is 0 Å². The molecule has 1 aliphatic rings. The van der Waals surface area contributed by atoms with Gasteiger partial charge in [-0.15, -0.1) is 11.3 Å². The Labute approximate surface area is 102 Å². The van der Waals surface area contributed by atoms with Crippen molar-refractivity contribution in [2.24, 2.45) is 0 Å². The monoisotopic (exact) mass is 257 g/mol. The van der Waals surface area contributed by atoms with E-state index in [4.69, 9.17) is 8.85 Å². The third kappa shape index (κ3) is 3.67. The van der Waals surface area contributed by atoms with E-state index in [0.717, 1.165) is 32.8 Å². The Morgan fingerprint density at radius 1 is 1.31 bits per heavy atom. The largest absolute Gasteiger partial charge is 0.393 e. The fourth-order valence-corrected chi connectivity index (χ4v) is 3.77. The zero-order valence-electron chi connectivity index (χ0n) is 9.94.